The standard InChI is InChI=1S/C19H18N4/c1-23-18-9-3-6-14(17(18)13-21-23)5-2-8-16-11-10-15-7-4-12-20-19(15)22-16/h3-4,6-7,9-13H,2,5,8H2,1H3. The molecule has 1 aromatic carbocycles. The van der Waals surface area contributed by atoms with Crippen molar-refractivity contribution >= 4 is 21.9 Å². The van der Waals surface area contributed by atoms with Crippen LogP contribution in [-0.2, 0) is 19.9 Å². The SMILES string of the molecule is Cn1ncc2c(CCCc3ccc4cccnc4n3)cccc21. The topological polar surface area (TPSA) is 43.6 Å². The van der Waals surface area contributed by atoms with Crippen LogP contribution in [0.5, 0.6) is 0 Å². The number of hydrogen-bond acceptors (Lipinski definition) is 3. The van der Waals surface area contributed by atoms with Crippen LogP contribution in [0, 0.1) is 0 Å². The van der Waals surface area contributed by atoms with Crippen molar-refractivity contribution in [1.82, 2.24) is 19.7 Å². The van der Waals surface area contributed by atoms with Crippen molar-refractivity contribution in [2.75, 3.05) is 0 Å². The van der Waals surface area contributed by atoms with Gasteiger partial charge in [-0.1, -0.05) is 12.1 Å². The van der Waals surface area contributed by atoms with Crippen molar-refractivity contribution in [2.45, 2.75) is 19.3 Å². The maximum atomic E-state index is 4.65. The van der Waals surface area contributed by atoms with Gasteiger partial charge in [-0.25, -0.2) is 9.97 Å². The Balaban J connectivity index is 1.50. The first-order chi connectivity index (χ1) is 11.3. The first-order valence-corrected chi connectivity index (χ1v) is 7.91. The number of fused-ring (bicyclic) bond motifs is 2. The lowest BCUT2D eigenvalue weighted by Crippen LogP contribution is -1.95. The number of rotatable bonds is 4. The summed E-state index contributed by atoms with van der Waals surface area (Å²) in [4.78, 5) is 8.97. The van der Waals surface area contributed by atoms with E-state index >= 15 is 0 Å². The molecule has 0 radical (unpaired) electrons. The Morgan fingerprint density at radius 1 is 1.00 bits per heavy atom. The van der Waals surface area contributed by atoms with E-state index in [4.69, 9.17) is 0 Å². The fraction of sp³-hybridized carbons (Fsp3) is 0.211. The number of hydrogen-bond donors (Lipinski definition) is 0. The van der Waals surface area contributed by atoms with Gasteiger partial charge in [-0.15, -0.1) is 0 Å². The molecule has 4 nitrogen and oxygen atoms in total. The monoisotopic (exact) mass is 302 g/mol. The molecule has 23 heavy (non-hydrogen) atoms. The summed E-state index contributed by atoms with van der Waals surface area (Å²) in [6, 6.07) is 14.6. The molecule has 0 aliphatic carbocycles. The average Bonchev–Trinajstić information content (AvgIpc) is 2.97. The lowest BCUT2D eigenvalue weighted by Gasteiger charge is -2.05. The first-order valence-electron chi connectivity index (χ1n) is 7.91. The van der Waals surface area contributed by atoms with E-state index in [-0.39, 0.29) is 0 Å². The highest BCUT2D eigenvalue weighted by Crippen LogP contribution is 2.20. The molecule has 0 saturated carbocycles. The van der Waals surface area contributed by atoms with Crippen LogP contribution in [0.4, 0.5) is 0 Å². The van der Waals surface area contributed by atoms with E-state index in [0.717, 1.165) is 36.0 Å². The van der Waals surface area contributed by atoms with E-state index in [1.807, 2.05) is 30.1 Å². The van der Waals surface area contributed by atoms with E-state index in [1.54, 1.807) is 6.20 Å². The van der Waals surface area contributed by atoms with Crippen LogP contribution in [0.3, 0.4) is 0 Å². The van der Waals surface area contributed by atoms with Gasteiger partial charge in [-0.05, 0) is 55.2 Å². The molecule has 4 aromatic rings. The fourth-order valence-corrected chi connectivity index (χ4v) is 3.05. The summed E-state index contributed by atoms with van der Waals surface area (Å²) in [6.07, 6.45) is 6.82. The molecule has 0 atom stereocenters. The quantitative estimate of drug-likeness (QED) is 0.577. The summed E-state index contributed by atoms with van der Waals surface area (Å²) in [5.74, 6) is 0. The smallest absolute Gasteiger partial charge is 0.159 e. The molecule has 0 bridgehead atoms. The van der Waals surface area contributed by atoms with E-state index in [0.29, 0.717) is 0 Å². The van der Waals surface area contributed by atoms with Gasteiger partial charge in [0.2, 0.25) is 0 Å². The van der Waals surface area contributed by atoms with E-state index in [2.05, 4.69) is 45.4 Å². The molecule has 114 valence electrons. The summed E-state index contributed by atoms with van der Waals surface area (Å²) in [7, 11) is 1.98. The summed E-state index contributed by atoms with van der Waals surface area (Å²) in [5, 5.41) is 6.70. The largest absolute Gasteiger partial charge is 0.268 e. The molecule has 4 rings (SSSR count). The Labute approximate surface area is 134 Å². The minimum atomic E-state index is 0.833. The molecule has 0 fully saturated rings. The molecule has 3 aromatic heterocycles. The molecule has 0 amide bonds. The molecule has 0 spiro atoms. The lowest BCUT2D eigenvalue weighted by molar-refractivity contribution is 0.796. The Hall–Kier alpha value is -2.75. The minimum Gasteiger partial charge on any atom is -0.268 e. The fourth-order valence-electron chi connectivity index (χ4n) is 3.05. The summed E-state index contributed by atoms with van der Waals surface area (Å²) in [6.45, 7) is 0. The number of pyridine rings is 2. The maximum Gasteiger partial charge on any atom is 0.159 e. The lowest BCUT2D eigenvalue weighted by atomic mass is 10.0. The predicted octanol–water partition coefficient (Wildman–Crippen LogP) is 3.69. The molecular weight excluding hydrogens is 284 g/mol. The molecule has 0 N–H and O–H groups in total. The summed E-state index contributed by atoms with van der Waals surface area (Å²) >= 11 is 0. The van der Waals surface area contributed by atoms with E-state index < -0.39 is 0 Å². The van der Waals surface area contributed by atoms with Crippen molar-refractivity contribution < 1.29 is 0 Å². The van der Waals surface area contributed by atoms with Gasteiger partial charge < -0.3 is 0 Å². The van der Waals surface area contributed by atoms with Gasteiger partial charge in [0.1, 0.15) is 0 Å². The Bertz CT molecular complexity index is 971. The van der Waals surface area contributed by atoms with Gasteiger partial charge in [-0.3, -0.25) is 4.68 Å². The maximum absolute atomic E-state index is 4.65. The average molecular weight is 302 g/mol. The molecule has 0 saturated heterocycles. The molecule has 0 unspecified atom stereocenters. The highest BCUT2D eigenvalue weighted by atomic mass is 15.2. The molecular formula is C19H18N4. The van der Waals surface area contributed by atoms with Crippen molar-refractivity contribution in [3.8, 4) is 0 Å². The zero-order chi connectivity index (χ0) is 15.6. The third-order valence-electron chi connectivity index (χ3n) is 4.28. The van der Waals surface area contributed by atoms with Crippen LogP contribution in [0.2, 0.25) is 0 Å². The van der Waals surface area contributed by atoms with Crippen LogP contribution in [-0.4, -0.2) is 19.7 Å². The Morgan fingerprint density at radius 2 is 1.96 bits per heavy atom. The second kappa shape index (κ2) is 5.80. The van der Waals surface area contributed by atoms with Gasteiger partial charge in [0.15, 0.2) is 5.65 Å². The van der Waals surface area contributed by atoms with Gasteiger partial charge in [0, 0.05) is 29.7 Å². The molecule has 3 heterocycles. The zero-order valence-electron chi connectivity index (χ0n) is 13.1. The van der Waals surface area contributed by atoms with Crippen molar-refractivity contribution in [1.29, 1.82) is 0 Å². The zero-order valence-corrected chi connectivity index (χ0v) is 13.1. The second-order valence-electron chi connectivity index (χ2n) is 5.82. The van der Waals surface area contributed by atoms with Crippen molar-refractivity contribution in [2.24, 2.45) is 7.05 Å². The summed E-state index contributed by atoms with van der Waals surface area (Å²) < 4.78 is 1.93. The minimum absolute atomic E-state index is 0.833. The van der Waals surface area contributed by atoms with Crippen molar-refractivity contribution in [3.05, 3.63) is 66.1 Å². The van der Waals surface area contributed by atoms with Gasteiger partial charge in [0.05, 0.1) is 11.7 Å². The second-order valence-corrected chi connectivity index (χ2v) is 5.82. The number of aryl methyl sites for hydroxylation is 3. The highest BCUT2D eigenvalue weighted by Gasteiger charge is 2.05. The van der Waals surface area contributed by atoms with E-state index in [9.17, 15) is 0 Å². The molecule has 0 aliphatic rings. The molecule has 4 heteroatoms. The van der Waals surface area contributed by atoms with Crippen LogP contribution in [0.15, 0.2) is 54.9 Å². The van der Waals surface area contributed by atoms with Crippen molar-refractivity contribution in [3.63, 3.8) is 0 Å². The number of nitrogens with zero attached hydrogens (tertiary/aromatic N) is 4. The van der Waals surface area contributed by atoms with E-state index in [1.165, 1.54) is 16.5 Å². The van der Waals surface area contributed by atoms with Gasteiger partial charge >= 0.3 is 0 Å². The number of benzene rings is 1. The Morgan fingerprint density at radius 3 is 2.91 bits per heavy atom. The van der Waals surface area contributed by atoms with Crippen LogP contribution in [0.1, 0.15) is 17.7 Å². The molecule has 0 aliphatic heterocycles. The highest BCUT2D eigenvalue weighted by molar-refractivity contribution is 5.82. The Kier molecular flexibility index (Phi) is 3.50. The van der Waals surface area contributed by atoms with Crippen LogP contribution in [0.25, 0.3) is 21.9 Å². The van der Waals surface area contributed by atoms with Gasteiger partial charge in [-0.2, -0.15) is 5.10 Å². The first kappa shape index (κ1) is 13.9. The van der Waals surface area contributed by atoms with Gasteiger partial charge in [0.25, 0.3) is 0 Å². The number of aromatic nitrogens is 4. The third kappa shape index (κ3) is 2.68. The normalized spacial score (nSPS) is 11.3. The summed E-state index contributed by atoms with van der Waals surface area (Å²) in [5.41, 5.74) is 4.49. The predicted molar refractivity (Wildman–Crippen MR) is 92.3 cm³/mol. The van der Waals surface area contributed by atoms with Crippen LogP contribution >= 0.6 is 0 Å². The van der Waals surface area contributed by atoms with Crippen LogP contribution < -0.4 is 0 Å². The third-order valence-corrected chi connectivity index (χ3v) is 4.28.